The van der Waals surface area contributed by atoms with Crippen molar-refractivity contribution in [1.82, 2.24) is 10.3 Å². The molecular weight excluding hydrogens is 260 g/mol. The predicted octanol–water partition coefficient (Wildman–Crippen LogP) is 2.45. The normalized spacial score (nSPS) is 17.7. The Morgan fingerprint density at radius 1 is 1.38 bits per heavy atom. The van der Waals surface area contributed by atoms with Gasteiger partial charge in [0.2, 0.25) is 0 Å². The van der Waals surface area contributed by atoms with Crippen LogP contribution in [0.3, 0.4) is 0 Å². The van der Waals surface area contributed by atoms with Gasteiger partial charge in [0.05, 0.1) is 0 Å². The maximum absolute atomic E-state index is 8.98. The summed E-state index contributed by atoms with van der Waals surface area (Å²) in [6.45, 7) is 4.83. The summed E-state index contributed by atoms with van der Waals surface area (Å²) in [5.41, 5.74) is 4.17. The number of fused-ring (bicyclic) bond motifs is 1. The van der Waals surface area contributed by atoms with Crippen LogP contribution in [0.1, 0.15) is 23.7 Å². The SMILES string of the molecule is CC1CN(Cc2ccnc(C#N)c2)c2ccccc2CN1. The third-order valence-corrected chi connectivity index (χ3v) is 3.78. The third-order valence-electron chi connectivity index (χ3n) is 3.78. The standard InChI is InChI=1S/C17H18N4/c1-13-11-21(12-14-6-7-19-16(8-14)9-18)17-5-3-2-4-15(17)10-20-13/h2-8,13,20H,10-12H2,1H3. The highest BCUT2D eigenvalue weighted by Crippen LogP contribution is 2.25. The number of nitriles is 1. The van der Waals surface area contributed by atoms with Gasteiger partial charge in [0, 0.05) is 37.6 Å². The van der Waals surface area contributed by atoms with Gasteiger partial charge in [-0.2, -0.15) is 5.26 Å². The lowest BCUT2D eigenvalue weighted by Gasteiger charge is -2.26. The van der Waals surface area contributed by atoms with Crippen molar-refractivity contribution in [3.63, 3.8) is 0 Å². The van der Waals surface area contributed by atoms with Crippen molar-refractivity contribution >= 4 is 5.69 Å². The molecule has 0 aliphatic carbocycles. The number of pyridine rings is 1. The van der Waals surface area contributed by atoms with Crippen LogP contribution >= 0.6 is 0 Å². The average molecular weight is 278 g/mol. The minimum atomic E-state index is 0.426. The van der Waals surface area contributed by atoms with Crippen LogP contribution in [-0.2, 0) is 13.1 Å². The molecule has 2 aromatic rings. The molecule has 0 spiro atoms. The van der Waals surface area contributed by atoms with Gasteiger partial charge in [-0.05, 0) is 36.2 Å². The number of aromatic nitrogens is 1. The second-order valence-corrected chi connectivity index (χ2v) is 5.45. The molecule has 1 aliphatic rings. The first-order valence-corrected chi connectivity index (χ1v) is 7.17. The molecule has 0 fully saturated rings. The van der Waals surface area contributed by atoms with E-state index in [4.69, 9.17) is 5.26 Å². The van der Waals surface area contributed by atoms with E-state index < -0.39 is 0 Å². The molecule has 1 aromatic heterocycles. The van der Waals surface area contributed by atoms with Gasteiger partial charge in [-0.1, -0.05) is 18.2 Å². The summed E-state index contributed by atoms with van der Waals surface area (Å²) in [6, 6.07) is 14.9. The second-order valence-electron chi connectivity index (χ2n) is 5.45. The summed E-state index contributed by atoms with van der Waals surface area (Å²) in [7, 11) is 0. The van der Waals surface area contributed by atoms with Crippen LogP contribution < -0.4 is 10.2 Å². The smallest absolute Gasteiger partial charge is 0.140 e. The first-order valence-electron chi connectivity index (χ1n) is 7.17. The molecule has 0 amide bonds. The highest BCUT2D eigenvalue weighted by atomic mass is 15.2. The summed E-state index contributed by atoms with van der Waals surface area (Å²) in [5.74, 6) is 0. The molecule has 1 N–H and O–H groups in total. The lowest BCUT2D eigenvalue weighted by molar-refractivity contribution is 0.552. The minimum absolute atomic E-state index is 0.426. The van der Waals surface area contributed by atoms with E-state index >= 15 is 0 Å². The van der Waals surface area contributed by atoms with E-state index in [9.17, 15) is 0 Å². The highest BCUT2D eigenvalue weighted by molar-refractivity contribution is 5.55. The fourth-order valence-electron chi connectivity index (χ4n) is 2.75. The molecule has 0 saturated heterocycles. The molecule has 1 aromatic carbocycles. The maximum Gasteiger partial charge on any atom is 0.140 e. The first kappa shape index (κ1) is 13.6. The number of benzene rings is 1. The zero-order valence-corrected chi connectivity index (χ0v) is 12.1. The Morgan fingerprint density at radius 2 is 2.24 bits per heavy atom. The largest absolute Gasteiger partial charge is 0.365 e. The van der Waals surface area contributed by atoms with Crippen molar-refractivity contribution < 1.29 is 0 Å². The third kappa shape index (κ3) is 3.04. The average Bonchev–Trinajstić information content (AvgIpc) is 2.67. The van der Waals surface area contributed by atoms with Crippen molar-refractivity contribution in [3.05, 3.63) is 59.4 Å². The van der Waals surface area contributed by atoms with Crippen LogP contribution in [-0.4, -0.2) is 17.6 Å². The lowest BCUT2D eigenvalue weighted by Crippen LogP contribution is -2.35. The number of hydrogen-bond acceptors (Lipinski definition) is 4. The van der Waals surface area contributed by atoms with Crippen LogP contribution in [0.4, 0.5) is 5.69 Å². The zero-order valence-electron chi connectivity index (χ0n) is 12.1. The van der Waals surface area contributed by atoms with E-state index in [0.29, 0.717) is 11.7 Å². The number of para-hydroxylation sites is 1. The Hall–Kier alpha value is -2.38. The molecule has 1 atom stereocenters. The zero-order chi connectivity index (χ0) is 14.7. The summed E-state index contributed by atoms with van der Waals surface area (Å²) in [6.07, 6.45) is 1.71. The van der Waals surface area contributed by atoms with Crippen molar-refractivity contribution in [3.8, 4) is 6.07 Å². The lowest BCUT2D eigenvalue weighted by atomic mass is 10.1. The summed E-state index contributed by atoms with van der Waals surface area (Å²) >= 11 is 0. The van der Waals surface area contributed by atoms with Gasteiger partial charge in [0.1, 0.15) is 11.8 Å². The molecule has 0 radical (unpaired) electrons. The maximum atomic E-state index is 8.98. The Balaban J connectivity index is 1.91. The Kier molecular flexibility index (Phi) is 3.85. The second kappa shape index (κ2) is 5.94. The van der Waals surface area contributed by atoms with E-state index in [0.717, 1.165) is 25.2 Å². The number of anilines is 1. The molecule has 0 bridgehead atoms. The van der Waals surface area contributed by atoms with Crippen LogP contribution in [0, 0.1) is 11.3 Å². The van der Waals surface area contributed by atoms with E-state index in [2.05, 4.69) is 52.5 Å². The van der Waals surface area contributed by atoms with Crippen molar-refractivity contribution in [2.75, 3.05) is 11.4 Å². The van der Waals surface area contributed by atoms with Crippen LogP contribution in [0.15, 0.2) is 42.6 Å². The van der Waals surface area contributed by atoms with Crippen molar-refractivity contribution in [2.24, 2.45) is 0 Å². The van der Waals surface area contributed by atoms with Gasteiger partial charge in [-0.3, -0.25) is 0 Å². The fraction of sp³-hybridized carbons (Fsp3) is 0.294. The molecule has 2 heterocycles. The van der Waals surface area contributed by atoms with Crippen molar-refractivity contribution in [2.45, 2.75) is 26.1 Å². The van der Waals surface area contributed by atoms with Crippen LogP contribution in [0.5, 0.6) is 0 Å². The fourth-order valence-corrected chi connectivity index (χ4v) is 2.75. The molecule has 1 unspecified atom stereocenters. The molecule has 106 valence electrons. The summed E-state index contributed by atoms with van der Waals surface area (Å²) in [4.78, 5) is 6.41. The van der Waals surface area contributed by atoms with Crippen LogP contribution in [0.25, 0.3) is 0 Å². The van der Waals surface area contributed by atoms with Gasteiger partial charge in [-0.15, -0.1) is 0 Å². The minimum Gasteiger partial charge on any atom is -0.365 e. The molecular formula is C17H18N4. The van der Waals surface area contributed by atoms with Crippen LogP contribution in [0.2, 0.25) is 0 Å². The number of nitrogens with one attached hydrogen (secondary N) is 1. The number of rotatable bonds is 2. The molecule has 0 saturated carbocycles. The Bertz CT molecular complexity index is 674. The number of nitrogens with zero attached hydrogens (tertiary/aromatic N) is 3. The Morgan fingerprint density at radius 3 is 3.10 bits per heavy atom. The predicted molar refractivity (Wildman–Crippen MR) is 82.7 cm³/mol. The molecule has 1 aliphatic heterocycles. The monoisotopic (exact) mass is 278 g/mol. The summed E-state index contributed by atoms with van der Waals surface area (Å²) < 4.78 is 0. The van der Waals surface area contributed by atoms with E-state index in [1.165, 1.54) is 11.3 Å². The molecule has 3 rings (SSSR count). The first-order chi connectivity index (χ1) is 10.3. The highest BCUT2D eigenvalue weighted by Gasteiger charge is 2.18. The number of hydrogen-bond donors (Lipinski definition) is 1. The van der Waals surface area contributed by atoms with E-state index in [-0.39, 0.29) is 0 Å². The van der Waals surface area contributed by atoms with Gasteiger partial charge in [0.15, 0.2) is 0 Å². The molecule has 4 heteroatoms. The van der Waals surface area contributed by atoms with E-state index in [1.807, 2.05) is 12.1 Å². The van der Waals surface area contributed by atoms with Gasteiger partial charge in [-0.25, -0.2) is 4.98 Å². The summed E-state index contributed by atoms with van der Waals surface area (Å²) in [5, 5.41) is 12.5. The van der Waals surface area contributed by atoms with Crippen molar-refractivity contribution in [1.29, 1.82) is 5.26 Å². The molecule has 4 nitrogen and oxygen atoms in total. The topological polar surface area (TPSA) is 52.0 Å². The van der Waals surface area contributed by atoms with Gasteiger partial charge >= 0.3 is 0 Å². The van der Waals surface area contributed by atoms with Gasteiger partial charge < -0.3 is 10.2 Å². The molecule has 21 heavy (non-hydrogen) atoms. The van der Waals surface area contributed by atoms with Gasteiger partial charge in [0.25, 0.3) is 0 Å². The quantitative estimate of drug-likeness (QED) is 0.916. The Labute approximate surface area is 125 Å². The van der Waals surface area contributed by atoms with E-state index in [1.54, 1.807) is 6.20 Å².